The van der Waals surface area contributed by atoms with Crippen molar-refractivity contribution in [1.82, 2.24) is 0 Å². The molecule has 0 spiro atoms. The van der Waals surface area contributed by atoms with E-state index < -0.39 is 6.10 Å². The van der Waals surface area contributed by atoms with Crippen LogP contribution in [0.1, 0.15) is 33.6 Å². The molecule has 1 fully saturated rings. The number of allylic oxidation sites excluding steroid dienone is 1. The molecule has 1 saturated carbocycles. The highest BCUT2D eigenvalue weighted by molar-refractivity contribution is 6.04. The van der Waals surface area contributed by atoms with Crippen LogP contribution in [0.15, 0.2) is 16.8 Å². The van der Waals surface area contributed by atoms with E-state index >= 15 is 0 Å². The summed E-state index contributed by atoms with van der Waals surface area (Å²) in [6, 6.07) is 2.19. The summed E-state index contributed by atoms with van der Waals surface area (Å²) < 4.78 is 1.89. The third-order valence-electron chi connectivity index (χ3n) is 5.54. The zero-order chi connectivity index (χ0) is 14.7. The van der Waals surface area contributed by atoms with Crippen molar-refractivity contribution in [3.05, 3.63) is 11.6 Å². The maximum absolute atomic E-state index is 10.5. The van der Waals surface area contributed by atoms with E-state index in [1.807, 2.05) is 17.8 Å². The number of fused-ring (bicyclic) bond motifs is 3. The molecule has 2 aliphatic carbocycles. The average molecular weight is 272 g/mol. The third kappa shape index (κ3) is 1.56. The van der Waals surface area contributed by atoms with Crippen molar-refractivity contribution < 1.29 is 9.79 Å². The lowest BCUT2D eigenvalue weighted by Gasteiger charge is -2.53. The van der Waals surface area contributed by atoms with Crippen molar-refractivity contribution in [2.45, 2.75) is 39.7 Å². The molecule has 0 aromatic heterocycles. The van der Waals surface area contributed by atoms with Gasteiger partial charge in [-0.3, -0.25) is 0 Å². The Labute approximate surface area is 120 Å². The van der Waals surface area contributed by atoms with Gasteiger partial charge in [0, 0.05) is 5.41 Å². The van der Waals surface area contributed by atoms with Crippen LogP contribution in [0.2, 0.25) is 0 Å². The second-order valence-electron chi connectivity index (χ2n) is 7.16. The molecule has 0 bridgehead atoms. The van der Waals surface area contributed by atoms with E-state index in [4.69, 9.17) is 0 Å². The summed E-state index contributed by atoms with van der Waals surface area (Å²) in [5.74, 6) is 0.695. The molecule has 1 aliphatic heterocycles. The largest absolute Gasteiger partial charge is 0.387 e. The first-order valence-corrected chi connectivity index (χ1v) is 7.28. The minimum absolute atomic E-state index is 0.224. The maximum Gasteiger partial charge on any atom is 0.181 e. The van der Waals surface area contributed by atoms with Crippen molar-refractivity contribution in [3.8, 4) is 6.07 Å². The van der Waals surface area contributed by atoms with E-state index in [0.717, 1.165) is 18.6 Å². The average Bonchev–Trinajstić information content (AvgIpc) is 2.76. The lowest BCUT2D eigenvalue weighted by atomic mass is 9.50. The number of hydrazone groups is 1. The summed E-state index contributed by atoms with van der Waals surface area (Å²) in [6.07, 6.45) is 5.60. The number of nitriles is 1. The van der Waals surface area contributed by atoms with Gasteiger partial charge < -0.3 is 5.11 Å². The molecule has 0 saturated heterocycles. The molecule has 4 atom stereocenters. The molecule has 3 aliphatic rings. The highest BCUT2D eigenvalue weighted by Gasteiger charge is 2.58. The van der Waals surface area contributed by atoms with Crippen LogP contribution in [0.25, 0.3) is 0 Å². The fourth-order valence-electron chi connectivity index (χ4n) is 4.56. The van der Waals surface area contributed by atoms with Gasteiger partial charge in [0.15, 0.2) is 13.3 Å². The normalized spacial score (nSPS) is 41.8. The van der Waals surface area contributed by atoms with Crippen LogP contribution in [0.4, 0.5) is 0 Å². The molecule has 20 heavy (non-hydrogen) atoms. The molecule has 3 rings (SSSR count). The smallest absolute Gasteiger partial charge is 0.181 e. The highest BCUT2D eigenvalue weighted by Crippen LogP contribution is 2.56. The van der Waals surface area contributed by atoms with Gasteiger partial charge in [0.1, 0.15) is 5.71 Å². The summed E-state index contributed by atoms with van der Waals surface area (Å²) >= 11 is 0. The van der Waals surface area contributed by atoms with Crippen molar-refractivity contribution in [2.24, 2.45) is 27.8 Å². The predicted molar refractivity (Wildman–Crippen MR) is 77.5 cm³/mol. The van der Waals surface area contributed by atoms with Gasteiger partial charge in [0.05, 0.1) is 23.7 Å². The zero-order valence-corrected chi connectivity index (χ0v) is 12.6. The first-order chi connectivity index (χ1) is 9.30. The van der Waals surface area contributed by atoms with Crippen LogP contribution >= 0.6 is 0 Å². The van der Waals surface area contributed by atoms with E-state index in [1.165, 1.54) is 0 Å². The first kappa shape index (κ1) is 13.5. The second-order valence-corrected chi connectivity index (χ2v) is 7.16. The van der Waals surface area contributed by atoms with E-state index in [-0.39, 0.29) is 10.8 Å². The lowest BCUT2D eigenvalue weighted by molar-refractivity contribution is -0.495. The Bertz CT molecular complexity index is 593. The minimum Gasteiger partial charge on any atom is -0.387 e. The number of nitrogens with zero attached hydrogens (tertiary/aromatic N) is 3. The Morgan fingerprint density at radius 2 is 2.10 bits per heavy atom. The molecule has 0 aromatic carbocycles. The van der Waals surface area contributed by atoms with Gasteiger partial charge >= 0.3 is 0 Å². The Hall–Kier alpha value is -1.47. The Morgan fingerprint density at radius 1 is 1.40 bits per heavy atom. The number of hydrogen-bond donors (Lipinski definition) is 1. The summed E-state index contributed by atoms with van der Waals surface area (Å²) in [4.78, 5) is 0. The highest BCUT2D eigenvalue weighted by atomic mass is 16.3. The SMILES string of the molecule is C[N+]1=CC2CC[C@H]3C(C)(C)C(O)C(C#N)=C[C@]3(C)C2=N1. The molecule has 1 N–H and O–H groups in total. The van der Waals surface area contributed by atoms with Crippen LogP contribution in [0.3, 0.4) is 0 Å². The van der Waals surface area contributed by atoms with Crippen molar-refractivity contribution in [1.29, 1.82) is 5.26 Å². The topological polar surface area (TPSA) is 59.4 Å². The monoisotopic (exact) mass is 272 g/mol. The molecule has 4 nitrogen and oxygen atoms in total. The van der Waals surface area contributed by atoms with Gasteiger partial charge in [-0.2, -0.15) is 5.26 Å². The summed E-state index contributed by atoms with van der Waals surface area (Å²) in [5, 5.41) is 24.5. The number of rotatable bonds is 0. The molecular weight excluding hydrogens is 250 g/mol. The lowest BCUT2D eigenvalue weighted by Crippen LogP contribution is -2.55. The Morgan fingerprint density at radius 3 is 2.75 bits per heavy atom. The van der Waals surface area contributed by atoms with Gasteiger partial charge in [-0.25, -0.2) is 0 Å². The van der Waals surface area contributed by atoms with Crippen molar-refractivity contribution in [3.63, 3.8) is 0 Å². The molecule has 0 aromatic rings. The van der Waals surface area contributed by atoms with Gasteiger partial charge in [-0.1, -0.05) is 31.5 Å². The zero-order valence-electron chi connectivity index (χ0n) is 12.6. The molecule has 106 valence electrons. The van der Waals surface area contributed by atoms with Gasteiger partial charge in [0.25, 0.3) is 0 Å². The number of aliphatic hydroxyl groups is 1. The predicted octanol–water partition coefficient (Wildman–Crippen LogP) is 1.95. The summed E-state index contributed by atoms with van der Waals surface area (Å²) in [5.41, 5.74) is 1.12. The van der Waals surface area contributed by atoms with Crippen LogP contribution in [0.5, 0.6) is 0 Å². The summed E-state index contributed by atoms with van der Waals surface area (Å²) in [6.45, 7) is 6.34. The molecule has 0 amide bonds. The third-order valence-corrected chi connectivity index (χ3v) is 5.54. The van der Waals surface area contributed by atoms with E-state index in [9.17, 15) is 10.4 Å². The van der Waals surface area contributed by atoms with Crippen molar-refractivity contribution in [2.75, 3.05) is 7.05 Å². The van der Waals surface area contributed by atoms with Crippen LogP contribution in [0, 0.1) is 34.0 Å². The Kier molecular flexibility index (Phi) is 2.71. The molecule has 0 radical (unpaired) electrons. The van der Waals surface area contributed by atoms with Crippen molar-refractivity contribution >= 4 is 11.9 Å². The first-order valence-electron chi connectivity index (χ1n) is 7.28. The van der Waals surface area contributed by atoms with Gasteiger partial charge in [0.2, 0.25) is 0 Å². The molecule has 1 heterocycles. The maximum atomic E-state index is 10.5. The van der Waals surface area contributed by atoms with Crippen LogP contribution in [-0.4, -0.2) is 34.9 Å². The van der Waals surface area contributed by atoms with Gasteiger partial charge in [-0.15, -0.1) is 0 Å². The van der Waals surface area contributed by atoms with Crippen LogP contribution < -0.4 is 0 Å². The van der Waals surface area contributed by atoms with E-state index in [1.54, 1.807) is 0 Å². The Balaban J connectivity index is 2.17. The molecule has 2 unspecified atom stereocenters. The quantitative estimate of drug-likeness (QED) is 0.685. The van der Waals surface area contributed by atoms with E-state index in [2.05, 4.69) is 38.2 Å². The standard InChI is InChI=1S/C16H22N3O/c1-15(2)12-6-5-10-9-19(4)18-13(10)16(12,3)7-11(8-17)14(15)20/h7,9-10,12,14,20H,5-6H2,1-4H3/q+1/t10?,12-,14?,16-/m0/s1. The number of aliphatic hydroxyl groups excluding tert-OH is 1. The molecular formula is C16H22N3O+. The molecule has 4 heteroatoms. The fourth-order valence-corrected chi connectivity index (χ4v) is 4.56. The van der Waals surface area contributed by atoms with Crippen LogP contribution in [-0.2, 0) is 0 Å². The minimum atomic E-state index is -0.675. The summed E-state index contributed by atoms with van der Waals surface area (Å²) in [7, 11) is 1.96. The number of hydrogen-bond acceptors (Lipinski definition) is 3. The van der Waals surface area contributed by atoms with E-state index in [0.29, 0.717) is 17.4 Å². The van der Waals surface area contributed by atoms with Gasteiger partial charge in [-0.05, 0) is 29.3 Å². The fraction of sp³-hybridized carbons (Fsp3) is 0.688. The second kappa shape index (κ2) is 4.02.